The number of aromatic nitrogens is 3. The van der Waals surface area contributed by atoms with Gasteiger partial charge in [-0.25, -0.2) is 4.63 Å². The van der Waals surface area contributed by atoms with Gasteiger partial charge in [-0.05, 0) is 24.6 Å². The predicted octanol–water partition coefficient (Wildman–Crippen LogP) is 0.405. The molecule has 146 valence electrons. The van der Waals surface area contributed by atoms with Crippen molar-refractivity contribution in [3.63, 3.8) is 0 Å². The monoisotopic (exact) mass is 395 g/mol. The number of fused-ring (bicyclic) bond motifs is 4. The van der Waals surface area contributed by atoms with Crippen molar-refractivity contribution in [1.82, 2.24) is 25.5 Å². The summed E-state index contributed by atoms with van der Waals surface area (Å²) in [5.74, 6) is 0.532. The van der Waals surface area contributed by atoms with Crippen molar-refractivity contribution in [1.29, 1.82) is 0 Å². The maximum atomic E-state index is 12.8. The number of pyridine rings is 1. The Bertz CT molecular complexity index is 867. The summed E-state index contributed by atoms with van der Waals surface area (Å²) in [6, 6.07) is 4.72. The summed E-state index contributed by atoms with van der Waals surface area (Å²) in [4.78, 5) is 25.3. The Balaban J connectivity index is 0.00000210. The van der Waals surface area contributed by atoms with Crippen molar-refractivity contribution in [2.75, 3.05) is 26.2 Å². The van der Waals surface area contributed by atoms with Crippen molar-refractivity contribution in [3.05, 3.63) is 39.9 Å². The van der Waals surface area contributed by atoms with Crippen LogP contribution < -0.4 is 20.9 Å². The maximum Gasteiger partial charge on any atom is 0.278 e. The smallest absolute Gasteiger partial charge is 0.278 e. The molecule has 2 N–H and O–H groups in total. The minimum absolute atomic E-state index is 0. The van der Waals surface area contributed by atoms with Gasteiger partial charge in [0.05, 0.1) is 6.54 Å². The minimum atomic E-state index is -0.502. The van der Waals surface area contributed by atoms with Crippen LogP contribution >= 0.6 is 12.4 Å². The van der Waals surface area contributed by atoms with E-state index in [1.54, 1.807) is 17.6 Å². The topological polar surface area (TPSA) is 111 Å². The molecular weight excluding hydrogens is 374 g/mol. The second-order valence-electron chi connectivity index (χ2n) is 6.75. The van der Waals surface area contributed by atoms with E-state index in [1.165, 1.54) is 6.07 Å². The zero-order chi connectivity index (χ0) is 18.1. The summed E-state index contributed by atoms with van der Waals surface area (Å²) in [5, 5.41) is 13.5. The highest BCUT2D eigenvalue weighted by molar-refractivity contribution is 5.85. The van der Waals surface area contributed by atoms with Gasteiger partial charge in [0.15, 0.2) is 0 Å². The number of rotatable bonds is 5. The highest BCUT2D eigenvalue weighted by atomic mass is 35.5. The van der Waals surface area contributed by atoms with Crippen LogP contribution in [0.4, 0.5) is 0 Å². The van der Waals surface area contributed by atoms with Crippen molar-refractivity contribution in [2.24, 2.45) is 5.92 Å². The van der Waals surface area contributed by atoms with Crippen molar-refractivity contribution in [3.8, 4) is 5.88 Å². The molecule has 3 atom stereocenters. The number of nitrogens with one attached hydrogen (secondary N) is 2. The number of carbonyl (C=O) groups excluding carboxylic acids is 1. The number of halogens is 1. The van der Waals surface area contributed by atoms with Crippen LogP contribution in [0.5, 0.6) is 5.88 Å². The minimum Gasteiger partial charge on any atom is -0.472 e. The van der Waals surface area contributed by atoms with Crippen LogP contribution in [0.2, 0.25) is 0 Å². The third-order valence-electron chi connectivity index (χ3n) is 5.07. The lowest BCUT2D eigenvalue weighted by atomic mass is 9.79. The fourth-order valence-electron chi connectivity index (χ4n) is 3.91. The van der Waals surface area contributed by atoms with E-state index in [2.05, 4.69) is 25.6 Å². The van der Waals surface area contributed by atoms with Crippen LogP contribution in [-0.2, 0) is 4.79 Å². The van der Waals surface area contributed by atoms with Crippen LogP contribution in [0.25, 0.3) is 0 Å². The first kappa shape index (κ1) is 19.4. The number of ether oxygens (including phenoxy) is 1. The fourth-order valence-corrected chi connectivity index (χ4v) is 3.91. The third kappa shape index (κ3) is 3.70. The lowest BCUT2D eigenvalue weighted by Gasteiger charge is -2.42. The van der Waals surface area contributed by atoms with Gasteiger partial charge in [0.2, 0.25) is 5.91 Å². The van der Waals surface area contributed by atoms with Gasteiger partial charge in [-0.2, -0.15) is 0 Å². The van der Waals surface area contributed by atoms with Crippen molar-refractivity contribution in [2.45, 2.75) is 25.3 Å². The van der Waals surface area contributed by atoms with E-state index in [0.29, 0.717) is 18.1 Å². The molecule has 1 amide bonds. The molecule has 0 saturated carbocycles. The average molecular weight is 396 g/mol. The molecule has 1 saturated heterocycles. The largest absolute Gasteiger partial charge is 0.472 e. The Morgan fingerprint density at radius 1 is 1.41 bits per heavy atom. The first-order valence-corrected chi connectivity index (χ1v) is 8.77. The van der Waals surface area contributed by atoms with Gasteiger partial charge in [0.1, 0.15) is 18.3 Å². The Morgan fingerprint density at radius 2 is 2.26 bits per heavy atom. The van der Waals surface area contributed by atoms with Gasteiger partial charge in [-0.15, -0.1) is 12.4 Å². The van der Waals surface area contributed by atoms with Crippen LogP contribution in [-0.4, -0.2) is 47.0 Å². The van der Waals surface area contributed by atoms with Gasteiger partial charge < -0.3 is 15.4 Å². The van der Waals surface area contributed by atoms with E-state index in [-0.39, 0.29) is 42.3 Å². The Morgan fingerprint density at radius 3 is 3.04 bits per heavy atom. The van der Waals surface area contributed by atoms with Gasteiger partial charge >= 0.3 is 0 Å². The average Bonchev–Trinajstić information content (AvgIpc) is 3.05. The second kappa shape index (κ2) is 8.10. The molecule has 0 spiro atoms. The van der Waals surface area contributed by atoms with Crippen molar-refractivity contribution < 1.29 is 14.2 Å². The summed E-state index contributed by atoms with van der Waals surface area (Å²) >= 11 is 0. The molecule has 4 rings (SSSR count). The summed E-state index contributed by atoms with van der Waals surface area (Å²) in [6.45, 7) is 3.85. The number of piperidine rings is 1. The molecule has 10 heteroatoms. The van der Waals surface area contributed by atoms with Gasteiger partial charge in [-0.3, -0.25) is 14.2 Å². The molecule has 27 heavy (non-hydrogen) atoms. The summed E-state index contributed by atoms with van der Waals surface area (Å²) in [7, 11) is 0. The number of carbonyl (C=O) groups is 1. The summed E-state index contributed by atoms with van der Waals surface area (Å²) in [5.41, 5.74) is 1.37. The Kier molecular flexibility index (Phi) is 5.81. The fraction of sp³-hybridized carbons (Fsp3) is 0.529. The van der Waals surface area contributed by atoms with E-state index in [1.807, 2.05) is 6.07 Å². The lowest BCUT2D eigenvalue weighted by Crippen LogP contribution is -2.52. The van der Waals surface area contributed by atoms with Crippen LogP contribution in [0, 0.1) is 12.8 Å². The molecule has 1 fully saturated rings. The molecule has 0 unspecified atom stereocenters. The van der Waals surface area contributed by atoms with E-state index in [0.717, 1.165) is 25.2 Å². The SMILES string of the molecule is Cc1nonc1OCCNC(=O)[C@H]1[C@@H]2CNC[C@@H](C2)c2cccc(=O)n21.Cl. The summed E-state index contributed by atoms with van der Waals surface area (Å²) in [6.07, 6.45) is 0.912. The zero-order valence-corrected chi connectivity index (χ0v) is 15.7. The Labute approximate surface area is 161 Å². The molecule has 4 heterocycles. The normalized spacial score (nSPS) is 23.1. The molecule has 0 aliphatic carbocycles. The number of nitrogens with zero attached hydrogens (tertiary/aromatic N) is 3. The molecule has 0 aromatic carbocycles. The second-order valence-corrected chi connectivity index (χ2v) is 6.75. The van der Waals surface area contributed by atoms with Gasteiger partial charge in [0, 0.05) is 36.7 Å². The van der Waals surface area contributed by atoms with Crippen molar-refractivity contribution >= 4 is 18.3 Å². The molecular formula is C17H22ClN5O4. The number of hydrogen-bond acceptors (Lipinski definition) is 7. The highest BCUT2D eigenvalue weighted by Crippen LogP contribution is 2.38. The molecule has 2 aromatic heterocycles. The predicted molar refractivity (Wildman–Crippen MR) is 98.2 cm³/mol. The van der Waals surface area contributed by atoms with Gasteiger partial charge in [0.25, 0.3) is 11.4 Å². The van der Waals surface area contributed by atoms with Crippen LogP contribution in [0.15, 0.2) is 27.6 Å². The van der Waals surface area contributed by atoms with E-state index in [4.69, 9.17) is 4.74 Å². The van der Waals surface area contributed by atoms with Crippen LogP contribution in [0.1, 0.15) is 29.8 Å². The molecule has 9 nitrogen and oxygen atoms in total. The van der Waals surface area contributed by atoms with Crippen LogP contribution in [0.3, 0.4) is 0 Å². The van der Waals surface area contributed by atoms with Gasteiger partial charge in [-0.1, -0.05) is 11.2 Å². The Hall–Kier alpha value is -2.39. The third-order valence-corrected chi connectivity index (χ3v) is 5.07. The number of hydrogen-bond donors (Lipinski definition) is 2. The maximum absolute atomic E-state index is 12.8. The lowest BCUT2D eigenvalue weighted by molar-refractivity contribution is -0.127. The zero-order valence-electron chi connectivity index (χ0n) is 14.9. The molecule has 2 aromatic rings. The number of aryl methyl sites for hydroxylation is 1. The summed E-state index contributed by atoms with van der Waals surface area (Å²) < 4.78 is 11.7. The first-order chi connectivity index (χ1) is 12.6. The van der Waals surface area contributed by atoms with E-state index >= 15 is 0 Å². The van der Waals surface area contributed by atoms with E-state index < -0.39 is 6.04 Å². The molecule has 2 aliphatic rings. The highest BCUT2D eigenvalue weighted by Gasteiger charge is 2.41. The quantitative estimate of drug-likeness (QED) is 0.705. The molecule has 0 radical (unpaired) electrons. The standard InChI is InChI=1S/C17H21N5O4.ClH/c1-10-17(21-26-20-10)25-6-5-19-16(24)15-12-7-11(8-18-9-12)13-3-2-4-14(23)22(13)15;/h2-4,11-12,15,18H,5-9H2,1H3,(H,19,24);1H/t11-,12+,15-;/m1./s1. The van der Waals surface area contributed by atoms with E-state index in [9.17, 15) is 9.59 Å². The molecule has 2 aliphatic heterocycles. The molecule has 2 bridgehead atoms. The first-order valence-electron chi connectivity index (χ1n) is 8.77. The number of amides is 1.